The molecule has 0 spiro atoms. The zero-order valence-corrected chi connectivity index (χ0v) is 6.37. The second kappa shape index (κ2) is 3.68. The van der Waals surface area contributed by atoms with Gasteiger partial charge in [-0.25, -0.2) is 9.78 Å². The van der Waals surface area contributed by atoms with E-state index in [1.807, 2.05) is 5.48 Å². The van der Waals surface area contributed by atoms with Crippen LogP contribution in [0.3, 0.4) is 0 Å². The molecule has 0 aliphatic heterocycles. The molecular weight excluding hydrogens is 158 g/mol. The number of nitrogens with zero attached hydrogens (tertiary/aromatic N) is 1. The van der Waals surface area contributed by atoms with Crippen molar-refractivity contribution in [2.45, 2.75) is 6.42 Å². The Morgan fingerprint density at radius 2 is 2.58 bits per heavy atom. The molecule has 0 atom stereocenters. The van der Waals surface area contributed by atoms with Crippen molar-refractivity contribution in [1.29, 1.82) is 0 Å². The number of aromatic amines is 1. The minimum absolute atomic E-state index is 0.259. The van der Waals surface area contributed by atoms with Crippen molar-refractivity contribution in [1.82, 2.24) is 9.97 Å². The van der Waals surface area contributed by atoms with Crippen molar-refractivity contribution >= 4 is 5.82 Å². The van der Waals surface area contributed by atoms with Crippen LogP contribution in [0, 0.1) is 0 Å². The SMILES string of the molecule is C=CCc1cnc(=O)[nH]c1NO. The summed E-state index contributed by atoms with van der Waals surface area (Å²) < 4.78 is 0. The predicted molar refractivity (Wildman–Crippen MR) is 44.2 cm³/mol. The molecule has 0 bridgehead atoms. The molecule has 5 heteroatoms. The number of rotatable bonds is 3. The minimum atomic E-state index is -0.501. The van der Waals surface area contributed by atoms with E-state index in [-0.39, 0.29) is 5.82 Å². The molecule has 0 radical (unpaired) electrons. The van der Waals surface area contributed by atoms with E-state index in [9.17, 15) is 4.79 Å². The van der Waals surface area contributed by atoms with E-state index >= 15 is 0 Å². The van der Waals surface area contributed by atoms with E-state index in [1.165, 1.54) is 6.20 Å². The van der Waals surface area contributed by atoms with Crippen LogP contribution in [0.4, 0.5) is 5.82 Å². The van der Waals surface area contributed by atoms with Crippen LogP contribution < -0.4 is 11.2 Å². The summed E-state index contributed by atoms with van der Waals surface area (Å²) in [5.41, 5.74) is 2.06. The Morgan fingerprint density at radius 3 is 3.17 bits per heavy atom. The van der Waals surface area contributed by atoms with Crippen LogP contribution in [-0.2, 0) is 6.42 Å². The van der Waals surface area contributed by atoms with Gasteiger partial charge in [-0.1, -0.05) is 6.08 Å². The summed E-state index contributed by atoms with van der Waals surface area (Å²) in [5.74, 6) is 0.259. The first-order chi connectivity index (χ1) is 5.77. The lowest BCUT2D eigenvalue weighted by molar-refractivity contribution is 0.384. The van der Waals surface area contributed by atoms with Gasteiger partial charge in [0, 0.05) is 11.8 Å². The number of H-pyrrole nitrogens is 1. The predicted octanol–water partition coefficient (Wildman–Crippen LogP) is 0.299. The third kappa shape index (κ3) is 1.70. The normalized spacial score (nSPS) is 9.42. The zero-order chi connectivity index (χ0) is 8.97. The van der Waals surface area contributed by atoms with E-state index in [1.54, 1.807) is 6.08 Å². The maximum atomic E-state index is 10.7. The Hall–Kier alpha value is -1.62. The zero-order valence-electron chi connectivity index (χ0n) is 6.37. The highest BCUT2D eigenvalue weighted by atomic mass is 16.5. The Balaban J connectivity index is 3.10. The number of hydrogen-bond acceptors (Lipinski definition) is 4. The molecule has 5 nitrogen and oxygen atoms in total. The second-order valence-electron chi connectivity index (χ2n) is 2.19. The second-order valence-corrected chi connectivity index (χ2v) is 2.19. The molecule has 0 amide bonds. The van der Waals surface area contributed by atoms with E-state index < -0.39 is 5.69 Å². The van der Waals surface area contributed by atoms with E-state index in [4.69, 9.17) is 5.21 Å². The van der Waals surface area contributed by atoms with Crippen molar-refractivity contribution in [2.75, 3.05) is 5.48 Å². The molecule has 3 N–H and O–H groups in total. The Bertz CT molecular complexity index is 332. The minimum Gasteiger partial charge on any atom is -0.290 e. The third-order valence-electron chi connectivity index (χ3n) is 1.37. The summed E-state index contributed by atoms with van der Waals surface area (Å²) in [6, 6.07) is 0. The first-order valence-electron chi connectivity index (χ1n) is 3.37. The first-order valence-corrected chi connectivity index (χ1v) is 3.37. The molecule has 12 heavy (non-hydrogen) atoms. The number of hydrogen-bond donors (Lipinski definition) is 3. The van der Waals surface area contributed by atoms with Gasteiger partial charge in [-0.05, 0) is 6.42 Å². The van der Waals surface area contributed by atoms with Gasteiger partial charge in [-0.15, -0.1) is 6.58 Å². The fourth-order valence-electron chi connectivity index (χ4n) is 0.831. The molecule has 64 valence electrons. The fourth-order valence-corrected chi connectivity index (χ4v) is 0.831. The van der Waals surface area contributed by atoms with Crippen LogP contribution in [0.15, 0.2) is 23.6 Å². The van der Waals surface area contributed by atoms with E-state index in [2.05, 4.69) is 16.5 Å². The third-order valence-corrected chi connectivity index (χ3v) is 1.37. The topological polar surface area (TPSA) is 78.0 Å². The van der Waals surface area contributed by atoms with Gasteiger partial charge >= 0.3 is 5.69 Å². The highest BCUT2D eigenvalue weighted by Gasteiger charge is 2.00. The summed E-state index contributed by atoms with van der Waals surface area (Å²) >= 11 is 0. The smallest absolute Gasteiger partial charge is 0.290 e. The Kier molecular flexibility index (Phi) is 2.60. The Morgan fingerprint density at radius 1 is 1.83 bits per heavy atom. The van der Waals surface area contributed by atoms with Gasteiger partial charge in [0.1, 0.15) is 5.82 Å². The Labute approximate surface area is 68.7 Å². The number of anilines is 1. The van der Waals surface area contributed by atoms with Crippen LogP contribution in [0.25, 0.3) is 0 Å². The van der Waals surface area contributed by atoms with Crippen molar-refractivity contribution in [3.05, 3.63) is 34.9 Å². The maximum absolute atomic E-state index is 10.7. The van der Waals surface area contributed by atoms with Gasteiger partial charge < -0.3 is 0 Å². The van der Waals surface area contributed by atoms with Crippen LogP contribution >= 0.6 is 0 Å². The molecule has 1 aromatic rings. The van der Waals surface area contributed by atoms with Gasteiger partial charge in [0.15, 0.2) is 0 Å². The largest absolute Gasteiger partial charge is 0.346 e. The van der Waals surface area contributed by atoms with E-state index in [0.29, 0.717) is 12.0 Å². The van der Waals surface area contributed by atoms with Crippen LogP contribution in [0.5, 0.6) is 0 Å². The van der Waals surface area contributed by atoms with Crippen molar-refractivity contribution in [3.63, 3.8) is 0 Å². The van der Waals surface area contributed by atoms with E-state index in [0.717, 1.165) is 0 Å². The van der Waals surface area contributed by atoms with Gasteiger partial charge in [-0.2, -0.15) is 0 Å². The molecule has 1 aromatic heterocycles. The monoisotopic (exact) mass is 167 g/mol. The molecule has 0 saturated heterocycles. The fraction of sp³-hybridized carbons (Fsp3) is 0.143. The van der Waals surface area contributed by atoms with Gasteiger partial charge in [0.2, 0.25) is 0 Å². The van der Waals surface area contributed by atoms with Gasteiger partial charge in [-0.3, -0.25) is 15.7 Å². The molecule has 1 rings (SSSR count). The van der Waals surface area contributed by atoms with Crippen molar-refractivity contribution in [2.24, 2.45) is 0 Å². The quantitative estimate of drug-likeness (QED) is 0.447. The number of nitrogens with one attached hydrogen (secondary N) is 2. The molecule has 0 aliphatic carbocycles. The van der Waals surface area contributed by atoms with Crippen molar-refractivity contribution in [3.8, 4) is 0 Å². The molecule has 0 unspecified atom stereocenters. The highest BCUT2D eigenvalue weighted by Crippen LogP contribution is 2.07. The number of allylic oxidation sites excluding steroid dienone is 1. The first kappa shape index (κ1) is 8.48. The lowest BCUT2D eigenvalue weighted by Crippen LogP contribution is -2.13. The number of aromatic nitrogens is 2. The van der Waals surface area contributed by atoms with Crippen LogP contribution in [-0.4, -0.2) is 15.2 Å². The molecular formula is C7H9N3O2. The summed E-state index contributed by atoms with van der Waals surface area (Å²) in [6.45, 7) is 3.52. The van der Waals surface area contributed by atoms with Crippen molar-refractivity contribution < 1.29 is 5.21 Å². The van der Waals surface area contributed by atoms with Crippen LogP contribution in [0.1, 0.15) is 5.56 Å². The molecule has 0 fully saturated rings. The van der Waals surface area contributed by atoms with Gasteiger partial charge in [0.25, 0.3) is 0 Å². The maximum Gasteiger partial charge on any atom is 0.346 e. The highest BCUT2D eigenvalue weighted by molar-refractivity contribution is 5.40. The molecule has 0 saturated carbocycles. The molecule has 0 aliphatic rings. The molecule has 1 heterocycles. The summed E-state index contributed by atoms with van der Waals surface area (Å²) in [6.07, 6.45) is 3.57. The lowest BCUT2D eigenvalue weighted by atomic mass is 10.2. The van der Waals surface area contributed by atoms with Gasteiger partial charge in [0.05, 0.1) is 0 Å². The molecule has 0 aromatic carbocycles. The lowest BCUT2D eigenvalue weighted by Gasteiger charge is -2.02. The summed E-state index contributed by atoms with van der Waals surface area (Å²) in [4.78, 5) is 16.5. The summed E-state index contributed by atoms with van der Waals surface area (Å²) in [5, 5.41) is 8.59. The standard InChI is InChI=1S/C7H9N3O2/c1-2-3-5-4-8-7(11)9-6(5)10-12/h2,4,12H,1,3H2,(H2,8,9,10,11). The average molecular weight is 167 g/mol. The summed E-state index contributed by atoms with van der Waals surface area (Å²) in [7, 11) is 0. The average Bonchev–Trinajstić information content (AvgIpc) is 2.08. The van der Waals surface area contributed by atoms with Crippen LogP contribution in [0.2, 0.25) is 0 Å².